The van der Waals surface area contributed by atoms with Crippen LogP contribution in [0, 0.1) is 0 Å². The summed E-state index contributed by atoms with van der Waals surface area (Å²) in [5.74, 6) is -1.22. The number of nitrogens with one attached hydrogen (secondary N) is 1. The standard InChI is InChI=1S/C73H129NO10/c1-4-7-10-13-16-19-22-25-27-29-31-32-33-34-35-37-38-40-42-45-48-51-54-57-60-66(77)72(81)74-64(65(76)59-56-53-50-47-44-24-21-18-15-12-9-6-3)63-82-73-71(70(80)69(79)67(62-75)83-73)84-68(78)61-58-55-52-49-46-43-41-39-36-30-28-26-23-20-17-14-11-8-5-2/h16-17,19-20,25-28,36,39,43,46,56,59,64-67,69-71,73,75-77,79-80H,4-15,18,21-24,29-35,37-38,40-42,44-45,47-55,57-58,60-63H2,1-3H3,(H,74,81)/b19-16-,20-17-,27-25-,28-26-,39-36-,46-43-,59-56+. The van der Waals surface area contributed by atoms with Gasteiger partial charge < -0.3 is 45.1 Å². The summed E-state index contributed by atoms with van der Waals surface area (Å²) in [6, 6.07) is -1.03. The van der Waals surface area contributed by atoms with Gasteiger partial charge in [0.1, 0.15) is 24.4 Å². The van der Waals surface area contributed by atoms with Crippen LogP contribution in [0.25, 0.3) is 0 Å². The lowest BCUT2D eigenvalue weighted by atomic mass is 9.99. The van der Waals surface area contributed by atoms with E-state index in [-0.39, 0.29) is 19.4 Å². The first kappa shape index (κ1) is 78.9. The minimum atomic E-state index is -1.63. The van der Waals surface area contributed by atoms with Gasteiger partial charge in [0.05, 0.1) is 25.4 Å². The fraction of sp³-hybridized carbons (Fsp3) is 0.781. The van der Waals surface area contributed by atoms with E-state index in [0.29, 0.717) is 12.8 Å². The summed E-state index contributed by atoms with van der Waals surface area (Å²) in [5, 5.41) is 57.2. The highest BCUT2D eigenvalue weighted by Gasteiger charge is 2.47. The van der Waals surface area contributed by atoms with Crippen molar-refractivity contribution in [2.75, 3.05) is 13.2 Å². The zero-order valence-corrected chi connectivity index (χ0v) is 54.0. The van der Waals surface area contributed by atoms with E-state index in [0.717, 1.165) is 83.5 Å². The second-order valence-electron chi connectivity index (χ2n) is 23.9. The second kappa shape index (κ2) is 60.1. The van der Waals surface area contributed by atoms with Gasteiger partial charge in [-0.05, 0) is 103 Å². The number of allylic oxidation sites excluding steroid dienone is 13. The predicted molar refractivity (Wildman–Crippen MR) is 352 cm³/mol. The Morgan fingerprint density at radius 1 is 0.464 bits per heavy atom. The molecule has 1 aliphatic heterocycles. The summed E-state index contributed by atoms with van der Waals surface area (Å²) in [7, 11) is 0. The van der Waals surface area contributed by atoms with Crippen molar-refractivity contribution < 1.29 is 49.3 Å². The zero-order chi connectivity index (χ0) is 61.0. The number of esters is 1. The van der Waals surface area contributed by atoms with E-state index in [1.54, 1.807) is 6.08 Å². The second-order valence-corrected chi connectivity index (χ2v) is 23.9. The fourth-order valence-electron chi connectivity index (χ4n) is 10.5. The molecule has 8 atom stereocenters. The molecule has 0 saturated carbocycles. The molecular weight excluding hydrogens is 1050 g/mol. The number of hydrogen-bond donors (Lipinski definition) is 6. The summed E-state index contributed by atoms with van der Waals surface area (Å²) in [6.45, 7) is 5.74. The molecule has 1 heterocycles. The SMILES string of the molecule is CCCCC/C=C\C/C=C\C/C=C\C/C=C\CCCCCC(=O)OC1C(OCC(NC(=O)C(O)CCCCCCCCCCCCCCCC/C=C\C/C=C\CCCCC)C(O)/C=C/CCCCCCCCCCCC)OC(CO)C(O)C1O. The highest BCUT2D eigenvalue weighted by molar-refractivity contribution is 5.80. The van der Waals surface area contributed by atoms with E-state index in [1.807, 2.05) is 6.08 Å². The Bertz CT molecular complexity index is 1690. The average Bonchev–Trinajstić information content (AvgIpc) is 3.69. The molecule has 0 aliphatic carbocycles. The third-order valence-electron chi connectivity index (χ3n) is 16.0. The van der Waals surface area contributed by atoms with Crippen LogP contribution in [0.5, 0.6) is 0 Å². The van der Waals surface area contributed by atoms with E-state index in [1.165, 1.54) is 173 Å². The van der Waals surface area contributed by atoms with E-state index >= 15 is 0 Å². The summed E-state index contributed by atoms with van der Waals surface area (Å²) < 4.78 is 17.6. The summed E-state index contributed by atoms with van der Waals surface area (Å²) in [4.78, 5) is 26.6. The van der Waals surface area contributed by atoms with Crippen molar-refractivity contribution in [3.05, 3.63) is 85.1 Å². The van der Waals surface area contributed by atoms with Crippen LogP contribution in [0.2, 0.25) is 0 Å². The van der Waals surface area contributed by atoms with Crippen molar-refractivity contribution >= 4 is 11.9 Å². The third kappa shape index (κ3) is 47.0. The molecule has 1 amide bonds. The van der Waals surface area contributed by atoms with Gasteiger partial charge in [-0.2, -0.15) is 0 Å². The van der Waals surface area contributed by atoms with Crippen molar-refractivity contribution in [2.45, 2.75) is 352 Å². The monoisotopic (exact) mass is 1180 g/mol. The molecule has 11 nitrogen and oxygen atoms in total. The van der Waals surface area contributed by atoms with E-state index in [9.17, 15) is 35.1 Å². The Hall–Kier alpha value is -3.16. The topological polar surface area (TPSA) is 175 Å². The molecule has 0 bridgehead atoms. The Morgan fingerprint density at radius 3 is 1.25 bits per heavy atom. The van der Waals surface area contributed by atoms with Crippen LogP contribution in [0.15, 0.2) is 85.1 Å². The number of unbranched alkanes of at least 4 members (excludes halogenated alkanes) is 33. The molecule has 0 radical (unpaired) electrons. The van der Waals surface area contributed by atoms with Crippen molar-refractivity contribution in [2.24, 2.45) is 0 Å². The van der Waals surface area contributed by atoms with Crippen molar-refractivity contribution in [1.29, 1.82) is 0 Å². The molecule has 11 heteroatoms. The van der Waals surface area contributed by atoms with Crippen molar-refractivity contribution in [3.63, 3.8) is 0 Å². The number of aliphatic hydroxyl groups is 5. The van der Waals surface area contributed by atoms with Crippen LogP contribution in [0.1, 0.15) is 303 Å². The first-order chi connectivity index (χ1) is 41.2. The van der Waals surface area contributed by atoms with E-state index < -0.39 is 67.4 Å². The van der Waals surface area contributed by atoms with Gasteiger partial charge in [0.2, 0.25) is 5.91 Å². The molecule has 84 heavy (non-hydrogen) atoms. The molecule has 6 N–H and O–H groups in total. The Labute approximate surface area is 514 Å². The Morgan fingerprint density at radius 2 is 0.821 bits per heavy atom. The minimum Gasteiger partial charge on any atom is -0.454 e. The molecule has 0 aromatic carbocycles. The van der Waals surface area contributed by atoms with Crippen LogP contribution in [-0.2, 0) is 23.8 Å². The molecule has 1 rings (SSSR count). The molecule has 8 unspecified atom stereocenters. The number of carbonyl (C=O) groups is 2. The fourth-order valence-corrected chi connectivity index (χ4v) is 10.5. The molecule has 486 valence electrons. The average molecular weight is 1180 g/mol. The molecule has 0 aromatic heterocycles. The van der Waals surface area contributed by atoms with Gasteiger partial charge in [-0.25, -0.2) is 0 Å². The maximum atomic E-state index is 13.5. The predicted octanol–water partition coefficient (Wildman–Crippen LogP) is 17.7. The zero-order valence-electron chi connectivity index (χ0n) is 54.0. The van der Waals surface area contributed by atoms with Gasteiger partial charge in [0.15, 0.2) is 12.4 Å². The third-order valence-corrected chi connectivity index (χ3v) is 16.0. The van der Waals surface area contributed by atoms with Gasteiger partial charge >= 0.3 is 5.97 Å². The van der Waals surface area contributed by atoms with Crippen LogP contribution in [0.4, 0.5) is 0 Å². The number of ether oxygens (including phenoxy) is 3. The lowest BCUT2D eigenvalue weighted by Gasteiger charge is -2.41. The lowest BCUT2D eigenvalue weighted by molar-refractivity contribution is -0.305. The quantitative estimate of drug-likeness (QED) is 0.0195. The number of amides is 1. The van der Waals surface area contributed by atoms with Crippen molar-refractivity contribution in [3.8, 4) is 0 Å². The maximum absolute atomic E-state index is 13.5. The van der Waals surface area contributed by atoms with Gasteiger partial charge in [-0.1, -0.05) is 279 Å². The highest BCUT2D eigenvalue weighted by Crippen LogP contribution is 2.26. The van der Waals surface area contributed by atoms with Gasteiger partial charge in [0, 0.05) is 6.42 Å². The van der Waals surface area contributed by atoms with Crippen LogP contribution in [-0.4, -0.2) is 99.6 Å². The Balaban J connectivity index is 2.61. The molecule has 0 aromatic rings. The first-order valence-electron chi connectivity index (χ1n) is 34.9. The molecular formula is C73H129NO10. The van der Waals surface area contributed by atoms with E-state index in [2.05, 4.69) is 99.0 Å². The molecule has 0 spiro atoms. The van der Waals surface area contributed by atoms with Crippen LogP contribution in [0.3, 0.4) is 0 Å². The normalized spacial score (nSPS) is 19.0. The molecule has 1 saturated heterocycles. The Kier molecular flexibility index (Phi) is 56.5. The lowest BCUT2D eigenvalue weighted by Crippen LogP contribution is -2.61. The smallest absolute Gasteiger partial charge is 0.306 e. The summed E-state index contributed by atoms with van der Waals surface area (Å²) in [5.41, 5.74) is 0. The van der Waals surface area contributed by atoms with Gasteiger partial charge in [-0.3, -0.25) is 9.59 Å². The minimum absolute atomic E-state index is 0.0839. The number of hydrogen-bond acceptors (Lipinski definition) is 10. The largest absolute Gasteiger partial charge is 0.454 e. The first-order valence-corrected chi connectivity index (χ1v) is 34.9. The molecule has 1 aliphatic rings. The number of aliphatic hydroxyl groups excluding tert-OH is 5. The summed E-state index contributed by atoms with van der Waals surface area (Å²) in [6.07, 6.45) is 69.1. The van der Waals surface area contributed by atoms with Crippen LogP contribution >= 0.6 is 0 Å². The number of carbonyl (C=O) groups excluding carboxylic acids is 2. The summed E-state index contributed by atoms with van der Waals surface area (Å²) >= 11 is 0. The van der Waals surface area contributed by atoms with Crippen LogP contribution < -0.4 is 5.32 Å². The maximum Gasteiger partial charge on any atom is 0.306 e. The highest BCUT2D eigenvalue weighted by atomic mass is 16.7. The molecule has 1 fully saturated rings. The van der Waals surface area contributed by atoms with E-state index in [4.69, 9.17) is 14.2 Å². The number of rotatable bonds is 59. The van der Waals surface area contributed by atoms with Gasteiger partial charge in [0.25, 0.3) is 0 Å². The van der Waals surface area contributed by atoms with Crippen molar-refractivity contribution in [1.82, 2.24) is 5.32 Å². The van der Waals surface area contributed by atoms with Gasteiger partial charge in [-0.15, -0.1) is 0 Å².